The van der Waals surface area contributed by atoms with Gasteiger partial charge in [-0.15, -0.1) is 0 Å². The van der Waals surface area contributed by atoms with Crippen molar-refractivity contribution in [2.45, 2.75) is 6.61 Å². The lowest BCUT2D eigenvalue weighted by Gasteiger charge is -2.14. The first kappa shape index (κ1) is 27.9. The minimum absolute atomic E-state index is 0.0186. The fourth-order valence-corrected chi connectivity index (χ4v) is 4.17. The Morgan fingerprint density at radius 2 is 1.72 bits per heavy atom. The molecular weight excluding hydrogens is 589 g/mol. The molecule has 1 amide bonds. The Labute approximate surface area is 238 Å². The van der Waals surface area contributed by atoms with Crippen molar-refractivity contribution >= 4 is 51.2 Å². The number of methoxy groups -OCH3 is 1. The van der Waals surface area contributed by atoms with Crippen LogP contribution in [0.3, 0.4) is 0 Å². The van der Waals surface area contributed by atoms with Crippen molar-refractivity contribution in [1.82, 2.24) is 0 Å². The molecule has 0 aliphatic heterocycles. The lowest BCUT2D eigenvalue weighted by atomic mass is 10.2. The Hall–Kier alpha value is -4.14. The zero-order valence-electron chi connectivity index (χ0n) is 20.6. The third-order valence-corrected chi connectivity index (χ3v) is 6.27. The van der Waals surface area contributed by atoms with Crippen LogP contribution in [0, 0.1) is 5.82 Å². The van der Waals surface area contributed by atoms with Gasteiger partial charge in [-0.25, -0.2) is 9.18 Å². The van der Waals surface area contributed by atoms with Crippen molar-refractivity contribution in [3.8, 4) is 17.2 Å². The van der Waals surface area contributed by atoms with Gasteiger partial charge in [0.2, 0.25) is 0 Å². The number of carbonyl (C=O) groups excluding carboxylic acids is 2. The molecule has 0 bridgehead atoms. The van der Waals surface area contributed by atoms with Crippen molar-refractivity contribution in [3.05, 3.63) is 123 Å². The van der Waals surface area contributed by atoms with Gasteiger partial charge in [0.1, 0.15) is 18.2 Å². The predicted octanol–water partition coefficient (Wildman–Crippen LogP) is 7.70. The summed E-state index contributed by atoms with van der Waals surface area (Å²) in [6.07, 6.45) is 2.83. The van der Waals surface area contributed by atoms with Crippen LogP contribution in [-0.4, -0.2) is 19.0 Å². The molecule has 0 atom stereocenters. The minimum atomic E-state index is -0.608. The summed E-state index contributed by atoms with van der Waals surface area (Å²) in [6.45, 7) is 0.0186. The molecule has 0 unspecified atom stereocenters. The highest BCUT2D eigenvalue weighted by Crippen LogP contribution is 2.37. The van der Waals surface area contributed by atoms with E-state index in [1.807, 2.05) is 0 Å². The molecule has 0 saturated carbocycles. The third kappa shape index (κ3) is 7.69. The van der Waals surface area contributed by atoms with E-state index in [-0.39, 0.29) is 24.1 Å². The Morgan fingerprint density at radius 3 is 2.41 bits per heavy atom. The lowest BCUT2D eigenvalue weighted by Crippen LogP contribution is -2.11. The molecule has 198 valence electrons. The molecular formula is C30H22BrClFNO5. The summed E-state index contributed by atoms with van der Waals surface area (Å²) in [6, 6.07) is 22.7. The molecule has 39 heavy (non-hydrogen) atoms. The van der Waals surface area contributed by atoms with Crippen LogP contribution in [-0.2, 0) is 11.4 Å². The summed E-state index contributed by atoms with van der Waals surface area (Å²) in [5, 5.41) is 3.34. The molecule has 0 spiro atoms. The van der Waals surface area contributed by atoms with Gasteiger partial charge in [-0.05, 0) is 94.3 Å². The highest BCUT2D eigenvalue weighted by Gasteiger charge is 2.13. The van der Waals surface area contributed by atoms with Gasteiger partial charge in [-0.3, -0.25) is 4.79 Å². The zero-order valence-corrected chi connectivity index (χ0v) is 23.0. The van der Waals surface area contributed by atoms with E-state index in [9.17, 15) is 14.0 Å². The van der Waals surface area contributed by atoms with E-state index < -0.39 is 5.97 Å². The topological polar surface area (TPSA) is 73.9 Å². The number of rotatable bonds is 9. The van der Waals surface area contributed by atoms with Crippen molar-refractivity contribution in [3.63, 3.8) is 0 Å². The highest BCUT2D eigenvalue weighted by molar-refractivity contribution is 9.10. The minimum Gasteiger partial charge on any atom is -0.493 e. The smallest absolute Gasteiger partial charge is 0.336 e. The van der Waals surface area contributed by atoms with E-state index in [1.54, 1.807) is 72.8 Å². The molecule has 4 aromatic rings. The van der Waals surface area contributed by atoms with Crippen molar-refractivity contribution in [1.29, 1.82) is 0 Å². The number of carbonyl (C=O) groups is 2. The number of esters is 1. The standard InChI is InChI=1S/C30H22BrClFNO5/c1-37-27-17-19(16-25(31)29(27)38-18-21-4-2-3-5-26(21)33)6-15-28(35)39-24-13-7-20(8-14-24)30(36)34-23-11-9-22(32)10-12-23/h2-17H,18H2,1H3,(H,34,36)/b15-6+. The van der Waals surface area contributed by atoms with Gasteiger partial charge in [0.05, 0.1) is 11.6 Å². The number of halogens is 3. The predicted molar refractivity (Wildman–Crippen MR) is 152 cm³/mol. The van der Waals surface area contributed by atoms with Crippen molar-refractivity contribution < 1.29 is 28.2 Å². The van der Waals surface area contributed by atoms with E-state index >= 15 is 0 Å². The van der Waals surface area contributed by atoms with Gasteiger partial charge in [0.25, 0.3) is 5.91 Å². The van der Waals surface area contributed by atoms with Crippen LogP contribution < -0.4 is 19.5 Å². The Bertz CT molecular complexity index is 1510. The average Bonchev–Trinajstić information content (AvgIpc) is 2.93. The molecule has 0 heterocycles. The second-order valence-electron chi connectivity index (χ2n) is 8.15. The monoisotopic (exact) mass is 609 g/mol. The lowest BCUT2D eigenvalue weighted by molar-refractivity contribution is -0.128. The second kappa shape index (κ2) is 13.1. The maximum Gasteiger partial charge on any atom is 0.336 e. The van der Waals surface area contributed by atoms with Gasteiger partial charge >= 0.3 is 5.97 Å². The number of amides is 1. The molecule has 0 aliphatic carbocycles. The first-order chi connectivity index (χ1) is 18.8. The Kier molecular flexibility index (Phi) is 9.35. The largest absolute Gasteiger partial charge is 0.493 e. The van der Waals surface area contributed by atoms with E-state index in [1.165, 1.54) is 31.4 Å². The molecule has 0 aliphatic rings. The molecule has 4 rings (SSSR count). The molecule has 0 saturated heterocycles. The van der Waals surface area contributed by atoms with Gasteiger partial charge in [-0.2, -0.15) is 0 Å². The summed E-state index contributed by atoms with van der Waals surface area (Å²) >= 11 is 9.31. The first-order valence-electron chi connectivity index (χ1n) is 11.6. The van der Waals surface area contributed by atoms with Gasteiger partial charge in [-0.1, -0.05) is 29.8 Å². The van der Waals surface area contributed by atoms with E-state index in [0.717, 1.165) is 0 Å². The summed E-state index contributed by atoms with van der Waals surface area (Å²) < 4.78 is 31.0. The van der Waals surface area contributed by atoms with E-state index in [0.29, 0.717) is 43.4 Å². The molecule has 9 heteroatoms. The maximum atomic E-state index is 13.9. The fraction of sp³-hybridized carbons (Fsp3) is 0.0667. The normalized spacial score (nSPS) is 10.8. The van der Waals surface area contributed by atoms with E-state index in [2.05, 4.69) is 21.2 Å². The molecule has 0 aromatic heterocycles. The molecule has 1 N–H and O–H groups in total. The van der Waals surface area contributed by atoms with Crippen molar-refractivity contribution in [2.75, 3.05) is 12.4 Å². The molecule has 0 radical (unpaired) electrons. The number of ether oxygens (including phenoxy) is 3. The van der Waals surface area contributed by atoms with Crippen LogP contribution in [0.1, 0.15) is 21.5 Å². The zero-order chi connectivity index (χ0) is 27.8. The van der Waals surface area contributed by atoms with E-state index in [4.69, 9.17) is 25.8 Å². The molecule has 4 aromatic carbocycles. The summed E-state index contributed by atoms with van der Waals surface area (Å²) in [7, 11) is 1.49. The number of benzene rings is 4. The summed E-state index contributed by atoms with van der Waals surface area (Å²) in [5.74, 6) is -0.189. The van der Waals surface area contributed by atoms with Gasteiger partial charge < -0.3 is 19.5 Å². The first-order valence-corrected chi connectivity index (χ1v) is 12.8. The quantitative estimate of drug-likeness (QED) is 0.119. The van der Waals surface area contributed by atoms with Crippen LogP contribution in [0.25, 0.3) is 6.08 Å². The Balaban J connectivity index is 1.36. The molecule has 0 fully saturated rings. The second-order valence-corrected chi connectivity index (χ2v) is 9.44. The molecule has 6 nitrogen and oxygen atoms in total. The number of hydrogen-bond donors (Lipinski definition) is 1. The van der Waals surface area contributed by atoms with Crippen LogP contribution in [0.4, 0.5) is 10.1 Å². The summed E-state index contributed by atoms with van der Waals surface area (Å²) in [5.41, 5.74) is 2.06. The van der Waals surface area contributed by atoms with Crippen molar-refractivity contribution in [2.24, 2.45) is 0 Å². The average molecular weight is 611 g/mol. The SMILES string of the molecule is COc1cc(/C=C/C(=O)Oc2ccc(C(=O)Nc3ccc(Cl)cc3)cc2)cc(Br)c1OCc1ccccc1F. The maximum absolute atomic E-state index is 13.9. The third-order valence-electron chi connectivity index (χ3n) is 5.43. The van der Waals surface area contributed by atoms with Crippen LogP contribution >= 0.6 is 27.5 Å². The number of hydrogen-bond acceptors (Lipinski definition) is 5. The van der Waals surface area contributed by atoms with Crippen LogP contribution in [0.2, 0.25) is 5.02 Å². The fourth-order valence-electron chi connectivity index (χ4n) is 3.47. The summed E-state index contributed by atoms with van der Waals surface area (Å²) in [4.78, 5) is 24.8. The Morgan fingerprint density at radius 1 is 1.00 bits per heavy atom. The number of nitrogens with one attached hydrogen (secondary N) is 1. The highest BCUT2D eigenvalue weighted by atomic mass is 79.9. The van der Waals surface area contributed by atoms with Crippen LogP contribution in [0.15, 0.2) is 95.5 Å². The van der Waals surface area contributed by atoms with Gasteiger partial charge in [0, 0.05) is 27.9 Å². The number of anilines is 1. The van der Waals surface area contributed by atoms with Crippen LogP contribution in [0.5, 0.6) is 17.2 Å². The van der Waals surface area contributed by atoms with Gasteiger partial charge in [0.15, 0.2) is 11.5 Å².